The second-order valence-electron chi connectivity index (χ2n) is 4.68. The molecule has 0 aliphatic heterocycles. The third-order valence-electron chi connectivity index (χ3n) is 3.25. The predicted molar refractivity (Wildman–Crippen MR) is 78.3 cm³/mol. The Balaban J connectivity index is 2.30. The zero-order chi connectivity index (χ0) is 15.2. The number of benzene rings is 1. The van der Waals surface area contributed by atoms with Gasteiger partial charge in [0.2, 0.25) is 0 Å². The molecule has 0 aliphatic carbocycles. The Kier molecular flexibility index (Phi) is 5.00. The second-order valence-corrected chi connectivity index (χ2v) is 4.68. The largest absolute Gasteiger partial charge is 0.496 e. The van der Waals surface area contributed by atoms with Crippen LogP contribution in [0.5, 0.6) is 5.75 Å². The molecular weight excluding hydrogens is 270 g/mol. The van der Waals surface area contributed by atoms with Crippen molar-refractivity contribution in [2.75, 3.05) is 20.3 Å². The van der Waals surface area contributed by atoms with Crippen molar-refractivity contribution in [1.29, 1.82) is 0 Å². The highest BCUT2D eigenvalue weighted by Gasteiger charge is 2.22. The first-order valence-electron chi connectivity index (χ1n) is 6.73. The summed E-state index contributed by atoms with van der Waals surface area (Å²) in [6.07, 6.45) is 1.56. The number of nitrogens with zero attached hydrogens (tertiary/aromatic N) is 1. The molecule has 2 aromatic rings. The Bertz CT molecular complexity index is 592. The summed E-state index contributed by atoms with van der Waals surface area (Å²) in [4.78, 5) is 14.3. The Morgan fingerprint density at radius 1 is 1.33 bits per heavy atom. The van der Waals surface area contributed by atoms with Crippen molar-refractivity contribution < 1.29 is 19.1 Å². The molecule has 0 bridgehead atoms. The number of ether oxygens (including phenoxy) is 1. The molecule has 21 heavy (non-hydrogen) atoms. The first kappa shape index (κ1) is 15.1. The van der Waals surface area contributed by atoms with Crippen molar-refractivity contribution in [2.45, 2.75) is 13.5 Å². The minimum Gasteiger partial charge on any atom is -0.496 e. The van der Waals surface area contributed by atoms with Crippen molar-refractivity contribution in [1.82, 2.24) is 4.90 Å². The van der Waals surface area contributed by atoms with Crippen molar-refractivity contribution in [3.8, 4) is 5.75 Å². The van der Waals surface area contributed by atoms with Crippen molar-refractivity contribution in [3.63, 3.8) is 0 Å². The fourth-order valence-corrected chi connectivity index (χ4v) is 2.21. The van der Waals surface area contributed by atoms with E-state index in [2.05, 4.69) is 0 Å². The Labute approximate surface area is 123 Å². The van der Waals surface area contributed by atoms with Crippen molar-refractivity contribution in [3.05, 3.63) is 53.5 Å². The van der Waals surface area contributed by atoms with E-state index in [0.29, 0.717) is 23.6 Å². The lowest BCUT2D eigenvalue weighted by Crippen LogP contribution is -2.33. The molecule has 0 saturated heterocycles. The van der Waals surface area contributed by atoms with Gasteiger partial charge in [0.05, 0.1) is 32.1 Å². The molecule has 1 aromatic carbocycles. The quantitative estimate of drug-likeness (QED) is 0.885. The van der Waals surface area contributed by atoms with E-state index >= 15 is 0 Å². The van der Waals surface area contributed by atoms with Crippen LogP contribution >= 0.6 is 0 Å². The van der Waals surface area contributed by atoms with Gasteiger partial charge in [-0.15, -0.1) is 0 Å². The number of methoxy groups -OCH3 is 1. The van der Waals surface area contributed by atoms with Gasteiger partial charge < -0.3 is 19.2 Å². The molecule has 0 aliphatic rings. The smallest absolute Gasteiger partial charge is 0.258 e. The summed E-state index contributed by atoms with van der Waals surface area (Å²) in [7, 11) is 1.54. The van der Waals surface area contributed by atoms with Gasteiger partial charge in [0.15, 0.2) is 0 Å². The van der Waals surface area contributed by atoms with Crippen molar-refractivity contribution >= 4 is 5.91 Å². The molecule has 0 unspecified atom stereocenters. The molecule has 0 atom stereocenters. The summed E-state index contributed by atoms with van der Waals surface area (Å²) in [6.45, 7) is 2.29. The number of rotatable bonds is 6. The number of furan rings is 1. The van der Waals surface area contributed by atoms with Gasteiger partial charge in [-0.1, -0.05) is 12.1 Å². The fraction of sp³-hybridized carbons (Fsp3) is 0.312. The molecule has 1 amide bonds. The molecule has 5 heteroatoms. The predicted octanol–water partition coefficient (Wildman–Crippen LogP) is 2.23. The lowest BCUT2D eigenvalue weighted by atomic mass is 10.1. The summed E-state index contributed by atoms with van der Waals surface area (Å²) in [6, 6.07) is 9.02. The van der Waals surface area contributed by atoms with Crippen molar-refractivity contribution in [2.24, 2.45) is 0 Å². The fourth-order valence-electron chi connectivity index (χ4n) is 2.21. The lowest BCUT2D eigenvalue weighted by molar-refractivity contribution is 0.0690. The van der Waals surface area contributed by atoms with Crippen LogP contribution in [0.3, 0.4) is 0 Å². The highest BCUT2D eigenvalue weighted by molar-refractivity contribution is 5.98. The summed E-state index contributed by atoms with van der Waals surface area (Å²) >= 11 is 0. The van der Waals surface area contributed by atoms with Gasteiger partial charge in [-0.05, 0) is 30.7 Å². The highest BCUT2D eigenvalue weighted by Crippen LogP contribution is 2.24. The number of aliphatic hydroxyl groups is 1. The summed E-state index contributed by atoms with van der Waals surface area (Å²) in [5, 5.41) is 9.20. The van der Waals surface area contributed by atoms with E-state index < -0.39 is 0 Å². The molecule has 0 spiro atoms. The van der Waals surface area contributed by atoms with Gasteiger partial charge in [-0.3, -0.25) is 4.79 Å². The van der Waals surface area contributed by atoms with Gasteiger partial charge in [-0.25, -0.2) is 0 Å². The number of aliphatic hydroxyl groups excluding tert-OH is 1. The Morgan fingerprint density at radius 2 is 2.14 bits per heavy atom. The maximum Gasteiger partial charge on any atom is 0.258 e. The number of hydrogen-bond acceptors (Lipinski definition) is 4. The minimum atomic E-state index is -0.185. The van der Waals surface area contributed by atoms with Crippen LogP contribution in [0.15, 0.2) is 41.0 Å². The van der Waals surface area contributed by atoms with Crippen LogP contribution in [0, 0.1) is 6.92 Å². The van der Waals surface area contributed by atoms with Gasteiger partial charge in [0, 0.05) is 6.54 Å². The van der Waals surface area contributed by atoms with E-state index in [1.54, 1.807) is 29.4 Å². The molecule has 112 valence electrons. The number of carbonyl (C=O) groups is 1. The van der Waals surface area contributed by atoms with Crippen LogP contribution in [0.1, 0.15) is 21.7 Å². The molecule has 0 saturated carbocycles. The molecule has 0 radical (unpaired) electrons. The molecule has 0 fully saturated rings. The van der Waals surface area contributed by atoms with E-state index in [4.69, 9.17) is 9.15 Å². The minimum absolute atomic E-state index is 0.110. The topological polar surface area (TPSA) is 62.9 Å². The maximum absolute atomic E-state index is 12.8. The second kappa shape index (κ2) is 6.95. The van der Waals surface area contributed by atoms with Crippen LogP contribution < -0.4 is 4.74 Å². The number of hydrogen-bond donors (Lipinski definition) is 1. The van der Waals surface area contributed by atoms with E-state index in [9.17, 15) is 9.90 Å². The zero-order valence-corrected chi connectivity index (χ0v) is 12.2. The van der Waals surface area contributed by atoms with Gasteiger partial charge in [-0.2, -0.15) is 0 Å². The third-order valence-corrected chi connectivity index (χ3v) is 3.25. The summed E-state index contributed by atoms with van der Waals surface area (Å²) in [5.74, 6) is 1.02. The summed E-state index contributed by atoms with van der Waals surface area (Å²) < 4.78 is 10.6. The normalized spacial score (nSPS) is 10.4. The maximum atomic E-state index is 12.8. The molecule has 1 N–H and O–H groups in total. The standard InChI is InChI=1S/C16H19NO4/c1-12-5-3-7-14(20-2)15(12)16(19)17(8-9-18)11-13-6-4-10-21-13/h3-7,10,18H,8-9,11H2,1-2H3. The van der Waals surface area contributed by atoms with Crippen LogP contribution in [0.2, 0.25) is 0 Å². The average Bonchev–Trinajstić information content (AvgIpc) is 2.99. The Hall–Kier alpha value is -2.27. The monoisotopic (exact) mass is 289 g/mol. The summed E-state index contributed by atoms with van der Waals surface area (Å²) in [5.41, 5.74) is 1.35. The van der Waals surface area contributed by atoms with Crippen LogP contribution in [0.4, 0.5) is 0 Å². The van der Waals surface area contributed by atoms with E-state index in [1.165, 1.54) is 7.11 Å². The van der Waals surface area contributed by atoms with Gasteiger partial charge in [0.1, 0.15) is 11.5 Å². The van der Waals surface area contributed by atoms with E-state index in [-0.39, 0.29) is 19.1 Å². The molecule has 2 rings (SSSR count). The van der Waals surface area contributed by atoms with Crippen LogP contribution in [-0.4, -0.2) is 36.2 Å². The zero-order valence-electron chi connectivity index (χ0n) is 12.2. The Morgan fingerprint density at radius 3 is 2.76 bits per heavy atom. The first-order chi connectivity index (χ1) is 10.2. The number of aryl methyl sites for hydroxylation is 1. The van der Waals surface area contributed by atoms with E-state index in [1.807, 2.05) is 19.1 Å². The van der Waals surface area contributed by atoms with Gasteiger partial charge in [0.25, 0.3) is 5.91 Å². The first-order valence-corrected chi connectivity index (χ1v) is 6.73. The molecular formula is C16H19NO4. The number of carbonyl (C=O) groups excluding carboxylic acids is 1. The SMILES string of the molecule is COc1cccc(C)c1C(=O)N(CCO)Cc1ccco1. The van der Waals surface area contributed by atoms with Gasteiger partial charge >= 0.3 is 0 Å². The van der Waals surface area contributed by atoms with E-state index in [0.717, 1.165) is 5.56 Å². The third kappa shape index (κ3) is 3.44. The average molecular weight is 289 g/mol. The molecule has 5 nitrogen and oxygen atoms in total. The van der Waals surface area contributed by atoms with Crippen LogP contribution in [0.25, 0.3) is 0 Å². The molecule has 1 aromatic heterocycles. The van der Waals surface area contributed by atoms with Crippen LogP contribution in [-0.2, 0) is 6.54 Å². The highest BCUT2D eigenvalue weighted by atomic mass is 16.5. The molecule has 1 heterocycles. The lowest BCUT2D eigenvalue weighted by Gasteiger charge is -2.22. The number of amides is 1.